The standard InChI is InChI=1S/C18H17F3O3/c1-13(23-17(22)15-8-3-2-4-9-15)11-12-14-7-5-6-10-16(14)24-18(19,20)21/h2-10,13H,11-12H2,1H3. The molecule has 24 heavy (non-hydrogen) atoms. The van der Waals surface area contributed by atoms with Gasteiger partial charge in [0, 0.05) is 0 Å². The van der Waals surface area contributed by atoms with Crippen molar-refractivity contribution < 1.29 is 27.4 Å². The van der Waals surface area contributed by atoms with E-state index in [1.807, 2.05) is 0 Å². The summed E-state index contributed by atoms with van der Waals surface area (Å²) in [6.45, 7) is 1.70. The molecule has 0 bridgehead atoms. The molecule has 0 amide bonds. The Labute approximate surface area is 138 Å². The second-order valence-corrected chi connectivity index (χ2v) is 5.28. The number of benzene rings is 2. The normalized spacial score (nSPS) is 12.5. The van der Waals surface area contributed by atoms with E-state index in [1.54, 1.807) is 49.4 Å². The van der Waals surface area contributed by atoms with Gasteiger partial charge in [-0.3, -0.25) is 0 Å². The Morgan fingerprint density at radius 3 is 2.33 bits per heavy atom. The fraction of sp³-hybridized carbons (Fsp3) is 0.278. The molecule has 0 fully saturated rings. The molecule has 0 saturated heterocycles. The highest BCUT2D eigenvalue weighted by Gasteiger charge is 2.31. The number of alkyl halides is 3. The van der Waals surface area contributed by atoms with Crippen LogP contribution in [-0.2, 0) is 11.2 Å². The highest BCUT2D eigenvalue weighted by molar-refractivity contribution is 5.89. The fourth-order valence-corrected chi connectivity index (χ4v) is 2.18. The molecule has 0 aromatic heterocycles. The quantitative estimate of drug-likeness (QED) is 0.712. The Hall–Kier alpha value is -2.50. The van der Waals surface area contributed by atoms with Crippen LogP contribution in [0.2, 0.25) is 0 Å². The largest absolute Gasteiger partial charge is 0.573 e. The van der Waals surface area contributed by atoms with Crippen molar-refractivity contribution >= 4 is 5.97 Å². The third-order valence-corrected chi connectivity index (χ3v) is 3.34. The molecule has 0 spiro atoms. The molecule has 0 aliphatic carbocycles. The maximum atomic E-state index is 12.4. The van der Waals surface area contributed by atoms with Gasteiger partial charge in [0.15, 0.2) is 0 Å². The van der Waals surface area contributed by atoms with Crippen LogP contribution in [0.5, 0.6) is 5.75 Å². The lowest BCUT2D eigenvalue weighted by Gasteiger charge is -2.16. The van der Waals surface area contributed by atoms with Crippen LogP contribution in [0.25, 0.3) is 0 Å². The Balaban J connectivity index is 1.92. The molecule has 2 aromatic carbocycles. The second-order valence-electron chi connectivity index (χ2n) is 5.28. The highest BCUT2D eigenvalue weighted by Crippen LogP contribution is 2.27. The number of carbonyl (C=O) groups excluding carboxylic acids is 1. The minimum atomic E-state index is -4.73. The monoisotopic (exact) mass is 338 g/mol. The minimum Gasteiger partial charge on any atom is -0.459 e. The van der Waals surface area contributed by atoms with E-state index in [2.05, 4.69) is 4.74 Å². The first-order valence-electron chi connectivity index (χ1n) is 7.45. The molecule has 1 unspecified atom stereocenters. The van der Waals surface area contributed by atoms with Gasteiger partial charge in [-0.15, -0.1) is 13.2 Å². The van der Waals surface area contributed by atoms with Gasteiger partial charge in [0.25, 0.3) is 0 Å². The smallest absolute Gasteiger partial charge is 0.459 e. The average molecular weight is 338 g/mol. The first-order chi connectivity index (χ1) is 11.3. The lowest BCUT2D eigenvalue weighted by Crippen LogP contribution is -2.19. The number of hydrogen-bond donors (Lipinski definition) is 0. The van der Waals surface area contributed by atoms with E-state index in [9.17, 15) is 18.0 Å². The number of halogens is 3. The minimum absolute atomic E-state index is 0.230. The van der Waals surface area contributed by atoms with Crippen LogP contribution in [0, 0.1) is 0 Å². The Kier molecular flexibility index (Phi) is 5.84. The molecule has 0 N–H and O–H groups in total. The van der Waals surface area contributed by atoms with Gasteiger partial charge in [-0.25, -0.2) is 4.79 Å². The summed E-state index contributed by atoms with van der Waals surface area (Å²) >= 11 is 0. The number of rotatable bonds is 6. The van der Waals surface area contributed by atoms with E-state index in [-0.39, 0.29) is 5.75 Å². The molecular weight excluding hydrogens is 321 g/mol. The summed E-state index contributed by atoms with van der Waals surface area (Å²) in [5.41, 5.74) is 0.850. The van der Waals surface area contributed by atoms with Crippen LogP contribution in [0.15, 0.2) is 54.6 Å². The van der Waals surface area contributed by atoms with Crippen molar-refractivity contribution in [3.05, 3.63) is 65.7 Å². The third kappa shape index (κ3) is 5.61. The highest BCUT2D eigenvalue weighted by atomic mass is 19.4. The number of aryl methyl sites for hydroxylation is 1. The van der Waals surface area contributed by atoms with E-state index in [1.165, 1.54) is 12.1 Å². The van der Waals surface area contributed by atoms with Crippen molar-refractivity contribution in [1.82, 2.24) is 0 Å². The summed E-state index contributed by atoms with van der Waals surface area (Å²) in [5.74, 6) is -0.686. The van der Waals surface area contributed by atoms with E-state index in [0.29, 0.717) is 24.0 Å². The zero-order valence-electron chi connectivity index (χ0n) is 13.0. The van der Waals surface area contributed by atoms with Crippen molar-refractivity contribution in [1.29, 1.82) is 0 Å². The summed E-state index contributed by atoms with van der Waals surface area (Å²) in [5, 5.41) is 0. The molecule has 0 radical (unpaired) electrons. The molecule has 0 aliphatic rings. The number of carbonyl (C=O) groups is 1. The Morgan fingerprint density at radius 2 is 1.67 bits per heavy atom. The number of para-hydroxylation sites is 1. The van der Waals surface area contributed by atoms with Crippen molar-refractivity contribution in [2.24, 2.45) is 0 Å². The summed E-state index contributed by atoms with van der Waals surface area (Å²) in [4.78, 5) is 11.9. The summed E-state index contributed by atoms with van der Waals surface area (Å²) < 4.78 is 46.5. The van der Waals surface area contributed by atoms with E-state index in [4.69, 9.17) is 4.74 Å². The first kappa shape index (κ1) is 17.8. The Morgan fingerprint density at radius 1 is 1.04 bits per heavy atom. The molecule has 0 heterocycles. The van der Waals surface area contributed by atoms with Crippen LogP contribution in [0.4, 0.5) is 13.2 Å². The average Bonchev–Trinajstić information content (AvgIpc) is 2.53. The SMILES string of the molecule is CC(CCc1ccccc1OC(F)(F)F)OC(=O)c1ccccc1. The van der Waals surface area contributed by atoms with Crippen LogP contribution < -0.4 is 4.74 Å². The van der Waals surface area contributed by atoms with Crippen molar-refractivity contribution in [2.45, 2.75) is 32.2 Å². The van der Waals surface area contributed by atoms with Gasteiger partial charge in [-0.05, 0) is 43.5 Å². The molecule has 128 valence electrons. The van der Waals surface area contributed by atoms with Gasteiger partial charge in [-0.2, -0.15) is 0 Å². The molecule has 2 aromatic rings. The summed E-state index contributed by atoms with van der Waals surface area (Å²) in [6, 6.07) is 14.5. The predicted molar refractivity (Wildman–Crippen MR) is 82.8 cm³/mol. The van der Waals surface area contributed by atoms with Gasteiger partial charge < -0.3 is 9.47 Å². The van der Waals surface area contributed by atoms with Crippen LogP contribution in [-0.4, -0.2) is 18.4 Å². The van der Waals surface area contributed by atoms with Crippen LogP contribution >= 0.6 is 0 Å². The zero-order valence-corrected chi connectivity index (χ0v) is 13.0. The lowest BCUT2D eigenvalue weighted by atomic mass is 10.1. The van der Waals surface area contributed by atoms with Crippen molar-refractivity contribution in [2.75, 3.05) is 0 Å². The predicted octanol–water partition coefficient (Wildman–Crippen LogP) is 4.76. The zero-order chi connectivity index (χ0) is 17.6. The van der Waals surface area contributed by atoms with E-state index < -0.39 is 18.4 Å². The molecule has 0 saturated carbocycles. The third-order valence-electron chi connectivity index (χ3n) is 3.34. The van der Waals surface area contributed by atoms with Gasteiger partial charge in [-0.1, -0.05) is 36.4 Å². The van der Waals surface area contributed by atoms with Crippen molar-refractivity contribution in [3.63, 3.8) is 0 Å². The second kappa shape index (κ2) is 7.86. The molecule has 3 nitrogen and oxygen atoms in total. The van der Waals surface area contributed by atoms with Gasteiger partial charge >= 0.3 is 12.3 Å². The van der Waals surface area contributed by atoms with Gasteiger partial charge in [0.1, 0.15) is 5.75 Å². The summed E-state index contributed by atoms with van der Waals surface area (Å²) in [7, 11) is 0. The number of esters is 1. The molecular formula is C18H17F3O3. The van der Waals surface area contributed by atoms with Gasteiger partial charge in [0.05, 0.1) is 11.7 Å². The van der Waals surface area contributed by atoms with E-state index >= 15 is 0 Å². The molecule has 0 aliphatic heterocycles. The Bertz CT molecular complexity index is 669. The molecule has 1 atom stereocenters. The molecule has 6 heteroatoms. The van der Waals surface area contributed by atoms with Crippen LogP contribution in [0.3, 0.4) is 0 Å². The van der Waals surface area contributed by atoms with Crippen LogP contribution in [0.1, 0.15) is 29.3 Å². The maximum Gasteiger partial charge on any atom is 0.573 e. The maximum absolute atomic E-state index is 12.4. The molecule has 2 rings (SSSR count). The number of ether oxygens (including phenoxy) is 2. The number of hydrogen-bond acceptors (Lipinski definition) is 3. The topological polar surface area (TPSA) is 35.5 Å². The first-order valence-corrected chi connectivity index (χ1v) is 7.45. The van der Waals surface area contributed by atoms with Gasteiger partial charge in [0.2, 0.25) is 0 Å². The summed E-state index contributed by atoms with van der Waals surface area (Å²) in [6.07, 6.45) is -4.48. The van der Waals surface area contributed by atoms with E-state index in [0.717, 1.165) is 0 Å². The van der Waals surface area contributed by atoms with Crippen molar-refractivity contribution in [3.8, 4) is 5.75 Å². The lowest BCUT2D eigenvalue weighted by molar-refractivity contribution is -0.274. The fourth-order valence-electron chi connectivity index (χ4n) is 2.18.